The zero-order valence-electron chi connectivity index (χ0n) is 37.4. The van der Waals surface area contributed by atoms with Crippen molar-refractivity contribution in [3.63, 3.8) is 0 Å². The third kappa shape index (κ3) is 14.6. The van der Waals surface area contributed by atoms with E-state index in [1.165, 1.54) is 31.8 Å². The van der Waals surface area contributed by atoms with Crippen LogP contribution in [0.3, 0.4) is 0 Å². The molecule has 6 aromatic rings. The molecule has 8 nitrogen and oxygen atoms in total. The monoisotopic (exact) mass is 961 g/mol. The van der Waals surface area contributed by atoms with E-state index in [4.69, 9.17) is 16.9 Å². The SMILES string of the molecule is Br.CC(CNCCCC[PH](c1ccccc1)(c1ccccc1)c1ccccc1)C(N)=O.C[N+](=CCC(=O)NC(=N)N)CCCC[PH](c1ccccc1)(c1ccccc1)c1ccccc1. The number of hydrogen-bond acceptors (Lipinski definition) is 4. The molecule has 6 rings (SSSR count). The summed E-state index contributed by atoms with van der Waals surface area (Å²) in [5.41, 5.74) is 10.6. The first-order valence-corrected chi connectivity index (χ1v) is 26.6. The van der Waals surface area contributed by atoms with E-state index in [2.05, 4.69) is 197 Å². The van der Waals surface area contributed by atoms with Crippen LogP contribution in [0, 0.1) is 11.3 Å². The predicted octanol–water partition coefficient (Wildman–Crippen LogP) is 6.39. The molecule has 0 radical (unpaired) electrons. The Hall–Kier alpha value is -5.30. The van der Waals surface area contributed by atoms with Gasteiger partial charge in [-0.25, -0.2) is 0 Å². The number of amides is 2. The summed E-state index contributed by atoms with van der Waals surface area (Å²) in [5, 5.41) is 21.5. The fourth-order valence-electron chi connectivity index (χ4n) is 8.54. The molecule has 0 heterocycles. The predicted molar refractivity (Wildman–Crippen MR) is 285 cm³/mol. The van der Waals surface area contributed by atoms with E-state index in [0.717, 1.165) is 51.1 Å². The van der Waals surface area contributed by atoms with Crippen molar-refractivity contribution >= 4 is 87.3 Å². The third-order valence-corrected chi connectivity index (χ3v) is 22.0. The molecule has 0 bridgehead atoms. The van der Waals surface area contributed by atoms with Crippen LogP contribution in [0.5, 0.6) is 0 Å². The number of nitrogens with zero attached hydrogens (tertiary/aromatic N) is 1. The van der Waals surface area contributed by atoms with E-state index in [1.807, 2.05) is 20.2 Å². The Kier molecular flexibility index (Phi) is 21.8. The number of primary amides is 1. The summed E-state index contributed by atoms with van der Waals surface area (Å²) in [7, 11) is -2.32. The second-order valence-electron chi connectivity index (χ2n) is 16.3. The van der Waals surface area contributed by atoms with E-state index in [1.54, 1.807) is 0 Å². The van der Waals surface area contributed by atoms with Gasteiger partial charge in [0.05, 0.1) is 0 Å². The molecule has 6 aromatic carbocycles. The number of unbranched alkanes of at least 4 members (excludes halogenated alkanes) is 2. The number of nitrogens with one attached hydrogen (secondary N) is 3. The van der Waals surface area contributed by atoms with Crippen molar-refractivity contribution in [3.8, 4) is 0 Å². The summed E-state index contributed by atoms with van der Waals surface area (Å²) in [5.74, 6) is -0.958. The van der Waals surface area contributed by atoms with Gasteiger partial charge in [0.1, 0.15) is 0 Å². The van der Waals surface area contributed by atoms with Crippen LogP contribution in [0.1, 0.15) is 39.0 Å². The van der Waals surface area contributed by atoms with Crippen LogP contribution < -0.4 is 53.9 Å². The Morgan fingerprint density at radius 1 is 0.578 bits per heavy atom. The van der Waals surface area contributed by atoms with Crippen LogP contribution in [0.15, 0.2) is 182 Å². The number of carbonyl (C=O) groups excluding carboxylic acids is 2. The molecule has 0 aliphatic rings. The van der Waals surface area contributed by atoms with Gasteiger partial charge < -0.3 is 0 Å². The van der Waals surface area contributed by atoms with E-state index in [-0.39, 0.29) is 47.1 Å². The van der Waals surface area contributed by atoms with Crippen LogP contribution in [0.2, 0.25) is 0 Å². The molecule has 0 aliphatic heterocycles. The van der Waals surface area contributed by atoms with E-state index in [9.17, 15) is 9.59 Å². The second kappa shape index (κ2) is 27.1. The molecular formula is C53H68BrN6O2P2+. The van der Waals surface area contributed by atoms with E-state index in [0.29, 0.717) is 6.54 Å². The van der Waals surface area contributed by atoms with Gasteiger partial charge in [-0.2, -0.15) is 0 Å². The quantitative estimate of drug-likeness (QED) is 0.0188. The molecule has 0 saturated carbocycles. The Balaban J connectivity index is 0.000000277. The van der Waals surface area contributed by atoms with Gasteiger partial charge in [0, 0.05) is 0 Å². The number of hydrogen-bond donors (Lipinski definition) is 5. The maximum absolute atomic E-state index is 11.7. The minimum absolute atomic E-state index is 0. The van der Waals surface area contributed by atoms with E-state index >= 15 is 0 Å². The molecule has 11 heteroatoms. The van der Waals surface area contributed by atoms with Crippen molar-refractivity contribution in [1.29, 1.82) is 5.41 Å². The van der Waals surface area contributed by atoms with Crippen LogP contribution in [-0.2, 0) is 9.59 Å². The molecule has 0 saturated heterocycles. The third-order valence-electron chi connectivity index (χ3n) is 11.9. The average molecular weight is 963 g/mol. The number of nitrogens with two attached hydrogens (primary N) is 2. The number of guanidine groups is 1. The van der Waals surface area contributed by atoms with Crippen molar-refractivity contribution in [2.75, 3.05) is 39.0 Å². The number of benzene rings is 6. The zero-order valence-corrected chi connectivity index (χ0v) is 41.1. The molecule has 1 unspecified atom stereocenters. The number of rotatable bonds is 21. The first kappa shape index (κ1) is 51.3. The summed E-state index contributed by atoms with van der Waals surface area (Å²) in [6, 6.07) is 66.0. The van der Waals surface area contributed by atoms with Gasteiger partial charge in [0.15, 0.2) is 0 Å². The van der Waals surface area contributed by atoms with Crippen molar-refractivity contribution in [2.45, 2.75) is 39.0 Å². The van der Waals surface area contributed by atoms with Gasteiger partial charge in [-0.1, -0.05) is 0 Å². The molecule has 0 aromatic heterocycles. The number of halogens is 1. The first-order valence-electron chi connectivity index (χ1n) is 22.2. The maximum atomic E-state index is 11.7. The molecule has 64 heavy (non-hydrogen) atoms. The van der Waals surface area contributed by atoms with Crippen LogP contribution in [-0.4, -0.2) is 67.6 Å². The van der Waals surface area contributed by atoms with Crippen molar-refractivity contribution in [3.05, 3.63) is 182 Å². The molecule has 338 valence electrons. The second-order valence-corrected chi connectivity index (χ2v) is 24.3. The van der Waals surface area contributed by atoms with Gasteiger partial charge in [-0.05, 0) is 0 Å². The average Bonchev–Trinajstić information content (AvgIpc) is 3.32. The normalized spacial score (nSPS) is 12.4. The van der Waals surface area contributed by atoms with Gasteiger partial charge in [0.2, 0.25) is 0 Å². The summed E-state index contributed by atoms with van der Waals surface area (Å²) in [6.07, 6.45) is 8.66. The van der Waals surface area contributed by atoms with Gasteiger partial charge in [0.25, 0.3) is 0 Å². The van der Waals surface area contributed by atoms with Gasteiger partial charge >= 0.3 is 378 Å². The molecule has 0 spiro atoms. The topological polar surface area (TPSA) is 137 Å². The molecule has 0 aliphatic carbocycles. The summed E-state index contributed by atoms with van der Waals surface area (Å²) >= 11 is 0. The van der Waals surface area contributed by atoms with E-state index < -0.39 is 14.5 Å². The first-order chi connectivity index (χ1) is 30.7. The molecule has 0 fully saturated rings. The van der Waals surface area contributed by atoms with Crippen LogP contribution >= 0.6 is 31.5 Å². The molecule has 7 N–H and O–H groups in total. The van der Waals surface area contributed by atoms with Crippen LogP contribution in [0.25, 0.3) is 0 Å². The van der Waals surface area contributed by atoms with Gasteiger partial charge in [-0.15, -0.1) is 17.0 Å². The van der Waals surface area contributed by atoms with Gasteiger partial charge in [-0.3, -0.25) is 0 Å². The standard InChI is InChI=1S/C27H33N4OP.C26H33N2OP.BrH/c1-31(21-19-26(32)30-27(28)29)20-11-12-22-33(23-13-5-2-6-14-23,24-15-7-3-8-16-24)25-17-9-4-10-18-25;1-22(26(27)29)21-28-19-11-12-20-30(23-13-5-2-6-14-23,24-15-7-3-8-16-24)25-17-9-4-10-18-25;/h2-10,13-18,21,33H,11-12,19-20,22H2,1H3,(H3-,28,29,30,32);2-10,13-18,22,28,30H,11-12,19-21H2,1H3,(H2,27,29);1H/p+1. The molecule has 1 atom stereocenters. The van der Waals surface area contributed by atoms with Crippen LogP contribution in [0.4, 0.5) is 0 Å². The Labute approximate surface area is 393 Å². The Morgan fingerprint density at radius 2 is 0.906 bits per heavy atom. The molecular weight excluding hydrogens is 894 g/mol. The fourth-order valence-corrected chi connectivity index (χ4v) is 18.4. The van der Waals surface area contributed by atoms with Crippen molar-refractivity contribution in [2.24, 2.45) is 17.4 Å². The number of carbonyl (C=O) groups is 2. The van der Waals surface area contributed by atoms with Crippen molar-refractivity contribution < 1.29 is 14.2 Å². The minimum atomic E-state index is -2.18. The summed E-state index contributed by atoms with van der Waals surface area (Å²) in [6.45, 7) is 4.29. The molecule has 2 amide bonds. The summed E-state index contributed by atoms with van der Waals surface area (Å²) < 4.78 is 2.05. The van der Waals surface area contributed by atoms with Crippen molar-refractivity contribution in [1.82, 2.24) is 10.6 Å². The summed E-state index contributed by atoms with van der Waals surface area (Å²) in [4.78, 5) is 22.9. The zero-order chi connectivity index (χ0) is 44.8. The Bertz CT molecular complexity index is 2110. The fraction of sp³-hybridized carbons (Fsp3) is 0.245. The Morgan fingerprint density at radius 3 is 1.22 bits per heavy atom.